The van der Waals surface area contributed by atoms with Crippen molar-refractivity contribution in [2.24, 2.45) is 16.0 Å². The molecule has 2 aliphatic heterocycles. The Morgan fingerprint density at radius 3 is 2.58 bits per heavy atom. The first-order chi connectivity index (χ1) is 14.8. The van der Waals surface area contributed by atoms with Gasteiger partial charge in [-0.25, -0.2) is 0 Å². The molecule has 160 valence electrons. The van der Waals surface area contributed by atoms with E-state index < -0.39 is 0 Å². The summed E-state index contributed by atoms with van der Waals surface area (Å²) in [6, 6.07) is 10.4. The van der Waals surface area contributed by atoms with E-state index in [9.17, 15) is 4.79 Å². The van der Waals surface area contributed by atoms with E-state index in [-0.39, 0.29) is 17.3 Å². The number of aliphatic imine (C=N–C) groups is 1. The number of nitrogens with one attached hydrogen (secondary N) is 1. The molecule has 1 aromatic heterocycles. The number of aryl methyl sites for hydroxylation is 2. The van der Waals surface area contributed by atoms with Crippen LogP contribution in [0.5, 0.6) is 0 Å². The molecule has 0 bridgehead atoms. The molecule has 1 aromatic carbocycles. The van der Waals surface area contributed by atoms with Gasteiger partial charge in [-0.2, -0.15) is 15.1 Å². The molecule has 0 aliphatic carbocycles. The summed E-state index contributed by atoms with van der Waals surface area (Å²) in [5.41, 5.74) is 5.53. The zero-order chi connectivity index (χ0) is 22.3. The summed E-state index contributed by atoms with van der Waals surface area (Å²) in [4.78, 5) is 17.0. The summed E-state index contributed by atoms with van der Waals surface area (Å²) >= 11 is 1.41. The lowest BCUT2D eigenvalue weighted by Gasteiger charge is -2.20. The zero-order valence-corrected chi connectivity index (χ0v) is 19.4. The summed E-state index contributed by atoms with van der Waals surface area (Å²) in [6.07, 6.45) is 3.71. The minimum absolute atomic E-state index is 0.0869. The minimum atomic E-state index is -0.384. The first-order valence-corrected chi connectivity index (χ1v) is 11.4. The van der Waals surface area contributed by atoms with E-state index in [1.54, 1.807) is 6.08 Å². The predicted molar refractivity (Wildman–Crippen MR) is 129 cm³/mol. The number of hydrogen-bond acceptors (Lipinski definition) is 4. The van der Waals surface area contributed by atoms with Crippen molar-refractivity contribution in [2.45, 2.75) is 47.5 Å². The number of hydrogen-bond donors (Lipinski definition) is 1. The number of thioether (sulfide) groups is 1. The zero-order valence-electron chi connectivity index (χ0n) is 18.6. The standard InChI is InChI=1S/C24H27N5OS/c1-6-17(7-2)23-27-29-21(25)20(22(30)26-24(29)31-23)13-18-12-15(4)28(16(18)5)19-10-8-9-14(3)11-19/h8-13,17,25H,6-7H2,1-5H3/b20-13+,25-21?. The van der Waals surface area contributed by atoms with Gasteiger partial charge in [0, 0.05) is 23.0 Å². The van der Waals surface area contributed by atoms with Crippen LogP contribution in [0.2, 0.25) is 0 Å². The molecule has 31 heavy (non-hydrogen) atoms. The van der Waals surface area contributed by atoms with Crippen LogP contribution in [0.3, 0.4) is 0 Å². The van der Waals surface area contributed by atoms with E-state index in [1.165, 1.54) is 22.3 Å². The number of carbonyl (C=O) groups is 1. The topological polar surface area (TPSA) is 73.8 Å². The van der Waals surface area contributed by atoms with Gasteiger partial charge in [-0.3, -0.25) is 10.2 Å². The Kier molecular flexibility index (Phi) is 5.71. The number of rotatable bonds is 5. The lowest BCUT2D eigenvalue weighted by Crippen LogP contribution is -2.35. The van der Waals surface area contributed by atoms with Crippen LogP contribution < -0.4 is 0 Å². The molecule has 1 amide bonds. The van der Waals surface area contributed by atoms with E-state index in [1.807, 2.05) is 26.0 Å². The Morgan fingerprint density at radius 2 is 1.90 bits per heavy atom. The van der Waals surface area contributed by atoms with Crippen molar-refractivity contribution in [1.82, 2.24) is 9.58 Å². The third-order valence-electron chi connectivity index (χ3n) is 5.83. The van der Waals surface area contributed by atoms with Crippen molar-refractivity contribution in [2.75, 3.05) is 0 Å². The van der Waals surface area contributed by atoms with E-state index in [0.717, 1.165) is 40.5 Å². The van der Waals surface area contributed by atoms with E-state index in [4.69, 9.17) is 5.41 Å². The lowest BCUT2D eigenvalue weighted by atomic mass is 10.1. The van der Waals surface area contributed by atoms with Crippen molar-refractivity contribution >= 4 is 39.8 Å². The fraction of sp³-hybridized carbons (Fsp3) is 0.333. The Labute approximate surface area is 187 Å². The minimum Gasteiger partial charge on any atom is -0.318 e. The summed E-state index contributed by atoms with van der Waals surface area (Å²) in [6.45, 7) is 10.4. The normalized spacial score (nSPS) is 17.5. The molecule has 0 spiro atoms. The average Bonchev–Trinajstić information content (AvgIpc) is 3.26. The summed E-state index contributed by atoms with van der Waals surface area (Å²) in [5, 5.41) is 16.2. The van der Waals surface area contributed by atoms with Crippen LogP contribution in [0.25, 0.3) is 11.8 Å². The van der Waals surface area contributed by atoms with Gasteiger partial charge in [0.15, 0.2) is 5.84 Å². The van der Waals surface area contributed by atoms with E-state index in [2.05, 4.69) is 53.6 Å². The van der Waals surface area contributed by atoms with Gasteiger partial charge in [0.1, 0.15) is 5.04 Å². The third kappa shape index (κ3) is 3.78. The van der Waals surface area contributed by atoms with Crippen LogP contribution in [-0.4, -0.2) is 31.5 Å². The molecule has 7 heteroatoms. The summed E-state index contributed by atoms with van der Waals surface area (Å²) in [5.74, 6) is 0.0239. The molecule has 0 atom stereocenters. The maximum Gasteiger partial charge on any atom is 0.283 e. The van der Waals surface area contributed by atoms with Crippen molar-refractivity contribution in [3.05, 3.63) is 58.4 Å². The number of hydrazone groups is 1. The molecule has 2 aromatic rings. The summed E-state index contributed by atoms with van der Waals surface area (Å²) < 4.78 is 2.17. The number of amides is 1. The highest BCUT2D eigenvalue weighted by molar-refractivity contribution is 8.27. The maximum atomic E-state index is 12.8. The Balaban J connectivity index is 1.71. The number of carbonyl (C=O) groups excluding carboxylic acids is 1. The van der Waals surface area contributed by atoms with Gasteiger partial charge in [-0.1, -0.05) is 26.0 Å². The number of aromatic nitrogens is 1. The van der Waals surface area contributed by atoms with Crippen LogP contribution in [0.4, 0.5) is 0 Å². The number of nitrogens with zero attached hydrogens (tertiary/aromatic N) is 4. The van der Waals surface area contributed by atoms with Gasteiger partial charge in [-0.05, 0) is 80.8 Å². The SMILES string of the molecule is CCC(CC)C1=NN2C(=N)/C(=C\c3cc(C)n(-c4cccc(C)c4)c3C)C(=O)N=C2S1. The molecule has 0 saturated carbocycles. The molecule has 3 heterocycles. The van der Waals surface area contributed by atoms with Crippen LogP contribution >= 0.6 is 11.8 Å². The Bertz CT molecular complexity index is 1170. The molecule has 0 unspecified atom stereocenters. The van der Waals surface area contributed by atoms with Crippen LogP contribution in [0, 0.1) is 32.1 Å². The van der Waals surface area contributed by atoms with Crippen LogP contribution in [-0.2, 0) is 4.79 Å². The van der Waals surface area contributed by atoms with Gasteiger partial charge < -0.3 is 4.57 Å². The van der Waals surface area contributed by atoms with Gasteiger partial charge in [0.2, 0.25) is 5.17 Å². The van der Waals surface area contributed by atoms with Crippen molar-refractivity contribution in [3.63, 3.8) is 0 Å². The number of fused-ring (bicyclic) bond motifs is 1. The molecule has 0 saturated heterocycles. The fourth-order valence-corrected chi connectivity index (χ4v) is 5.22. The van der Waals surface area contributed by atoms with Gasteiger partial charge in [0.05, 0.1) is 5.57 Å². The van der Waals surface area contributed by atoms with Crippen molar-refractivity contribution in [1.29, 1.82) is 5.41 Å². The maximum absolute atomic E-state index is 12.8. The van der Waals surface area contributed by atoms with Crippen molar-refractivity contribution in [3.8, 4) is 5.69 Å². The Morgan fingerprint density at radius 1 is 1.16 bits per heavy atom. The summed E-state index contributed by atoms with van der Waals surface area (Å²) in [7, 11) is 0. The highest BCUT2D eigenvalue weighted by Crippen LogP contribution is 2.33. The van der Waals surface area contributed by atoms with Crippen LogP contribution in [0.15, 0.2) is 46.0 Å². The Hall–Kier alpha value is -2.93. The second-order valence-electron chi connectivity index (χ2n) is 7.97. The quantitative estimate of drug-likeness (QED) is 0.637. The van der Waals surface area contributed by atoms with E-state index in [0.29, 0.717) is 11.1 Å². The number of amidine groups is 2. The smallest absolute Gasteiger partial charge is 0.283 e. The molecule has 4 rings (SSSR count). The van der Waals surface area contributed by atoms with E-state index >= 15 is 0 Å². The highest BCUT2D eigenvalue weighted by Gasteiger charge is 2.37. The fourth-order valence-electron chi connectivity index (χ4n) is 4.06. The van der Waals surface area contributed by atoms with Crippen molar-refractivity contribution < 1.29 is 4.79 Å². The molecule has 0 fully saturated rings. The highest BCUT2D eigenvalue weighted by atomic mass is 32.2. The first kappa shape index (κ1) is 21.3. The lowest BCUT2D eigenvalue weighted by molar-refractivity contribution is -0.114. The molecule has 6 nitrogen and oxygen atoms in total. The molecule has 0 radical (unpaired) electrons. The largest absolute Gasteiger partial charge is 0.318 e. The number of benzene rings is 1. The average molecular weight is 434 g/mol. The van der Waals surface area contributed by atoms with Gasteiger partial charge in [-0.15, -0.1) is 0 Å². The second-order valence-corrected chi connectivity index (χ2v) is 8.96. The third-order valence-corrected chi connectivity index (χ3v) is 6.91. The molecule has 2 aliphatic rings. The second kappa shape index (κ2) is 8.30. The molecular weight excluding hydrogens is 406 g/mol. The van der Waals surface area contributed by atoms with Gasteiger partial charge in [0.25, 0.3) is 5.91 Å². The molecule has 1 N–H and O–H groups in total. The van der Waals surface area contributed by atoms with Crippen LogP contribution in [0.1, 0.15) is 49.2 Å². The first-order valence-electron chi connectivity index (χ1n) is 10.6. The monoisotopic (exact) mass is 433 g/mol. The predicted octanol–water partition coefficient (Wildman–Crippen LogP) is 5.46. The molecular formula is C24H27N5OS. The van der Waals surface area contributed by atoms with Gasteiger partial charge >= 0.3 is 0 Å².